The fourth-order valence-electron chi connectivity index (χ4n) is 2.20. The summed E-state index contributed by atoms with van der Waals surface area (Å²) in [7, 11) is 0. The number of carbonyl (C=O) groups is 1. The molecule has 1 atom stereocenters. The van der Waals surface area contributed by atoms with E-state index in [4.69, 9.17) is 0 Å². The number of aromatic nitrogens is 2. The van der Waals surface area contributed by atoms with Crippen molar-refractivity contribution in [1.82, 2.24) is 15.1 Å². The lowest BCUT2D eigenvalue weighted by molar-refractivity contribution is -0.140. The summed E-state index contributed by atoms with van der Waals surface area (Å²) in [6.45, 7) is 10.3. The number of aliphatic carboxylic acids is 1. The molecular weight excluding hydrogens is 230 g/mol. The number of nitrogens with zero attached hydrogens (tertiary/aromatic N) is 2. The van der Waals surface area contributed by atoms with E-state index >= 15 is 0 Å². The molecule has 5 heteroatoms. The Kier molecular flexibility index (Phi) is 4.90. The highest BCUT2D eigenvalue weighted by Crippen LogP contribution is 2.14. The van der Waals surface area contributed by atoms with Crippen molar-refractivity contribution in [2.24, 2.45) is 0 Å². The topological polar surface area (TPSA) is 67.2 Å². The minimum absolute atomic E-state index is 0.133. The highest BCUT2D eigenvalue weighted by atomic mass is 16.4. The van der Waals surface area contributed by atoms with Crippen LogP contribution in [0.25, 0.3) is 0 Å². The fourth-order valence-corrected chi connectivity index (χ4v) is 2.20. The van der Waals surface area contributed by atoms with E-state index in [1.165, 1.54) is 5.56 Å². The van der Waals surface area contributed by atoms with E-state index in [-0.39, 0.29) is 6.04 Å². The summed E-state index contributed by atoms with van der Waals surface area (Å²) < 4.78 is 1.79. The highest BCUT2D eigenvalue weighted by molar-refractivity contribution is 5.73. The van der Waals surface area contributed by atoms with Crippen LogP contribution in [0.5, 0.6) is 0 Å². The molecular formula is C13H23N3O2. The van der Waals surface area contributed by atoms with Crippen molar-refractivity contribution in [3.63, 3.8) is 0 Å². The Balaban J connectivity index is 2.90. The predicted molar refractivity (Wildman–Crippen MR) is 70.8 cm³/mol. The van der Waals surface area contributed by atoms with Gasteiger partial charge in [-0.05, 0) is 25.8 Å². The van der Waals surface area contributed by atoms with E-state index in [2.05, 4.69) is 17.3 Å². The Morgan fingerprint density at radius 2 is 2.06 bits per heavy atom. The molecule has 0 amide bonds. The summed E-state index contributed by atoms with van der Waals surface area (Å²) in [4.78, 5) is 11.2. The SMILES string of the molecule is CCc1c(C)nn(CC(NC(C)C)C(=O)O)c1C. The molecule has 1 unspecified atom stereocenters. The Morgan fingerprint density at radius 3 is 2.44 bits per heavy atom. The lowest BCUT2D eigenvalue weighted by atomic mass is 10.1. The molecule has 0 aliphatic carbocycles. The van der Waals surface area contributed by atoms with Gasteiger partial charge in [0.15, 0.2) is 0 Å². The van der Waals surface area contributed by atoms with Crippen LogP contribution in [0.1, 0.15) is 37.7 Å². The monoisotopic (exact) mass is 253 g/mol. The van der Waals surface area contributed by atoms with Gasteiger partial charge in [-0.15, -0.1) is 0 Å². The van der Waals surface area contributed by atoms with Crippen molar-refractivity contribution < 1.29 is 9.90 Å². The first kappa shape index (κ1) is 14.7. The first-order valence-corrected chi connectivity index (χ1v) is 6.38. The second-order valence-electron chi connectivity index (χ2n) is 4.90. The van der Waals surface area contributed by atoms with Gasteiger partial charge in [-0.2, -0.15) is 5.10 Å². The first-order valence-electron chi connectivity index (χ1n) is 6.38. The largest absolute Gasteiger partial charge is 0.480 e. The number of aryl methyl sites for hydroxylation is 1. The zero-order valence-electron chi connectivity index (χ0n) is 11.8. The molecule has 2 N–H and O–H groups in total. The van der Waals surface area contributed by atoms with Crippen molar-refractivity contribution in [2.75, 3.05) is 0 Å². The summed E-state index contributed by atoms with van der Waals surface area (Å²) in [5.41, 5.74) is 3.26. The van der Waals surface area contributed by atoms with Crippen LogP contribution in [0.15, 0.2) is 0 Å². The predicted octanol–water partition coefficient (Wildman–Crippen LogP) is 1.51. The number of carboxylic acid groups (broad SMARTS) is 1. The maximum atomic E-state index is 11.2. The molecule has 0 bridgehead atoms. The third kappa shape index (κ3) is 3.32. The molecule has 0 aliphatic heterocycles. The number of carboxylic acids is 1. The molecule has 1 aromatic rings. The van der Waals surface area contributed by atoms with E-state index in [1.54, 1.807) is 4.68 Å². The standard InChI is InChI=1S/C13H23N3O2/c1-6-11-9(4)15-16(10(11)5)7-12(13(17)18)14-8(2)3/h8,12,14H,6-7H2,1-5H3,(H,17,18). The highest BCUT2D eigenvalue weighted by Gasteiger charge is 2.21. The second-order valence-corrected chi connectivity index (χ2v) is 4.90. The van der Waals surface area contributed by atoms with Crippen LogP contribution in [0, 0.1) is 13.8 Å². The van der Waals surface area contributed by atoms with Crippen LogP contribution < -0.4 is 5.32 Å². The van der Waals surface area contributed by atoms with Gasteiger partial charge in [-0.25, -0.2) is 0 Å². The number of hydrogen-bond acceptors (Lipinski definition) is 3. The van der Waals surface area contributed by atoms with Gasteiger partial charge in [0.05, 0.1) is 12.2 Å². The normalized spacial score (nSPS) is 13.0. The van der Waals surface area contributed by atoms with E-state index < -0.39 is 12.0 Å². The molecule has 0 saturated carbocycles. The fraction of sp³-hybridized carbons (Fsp3) is 0.692. The molecule has 18 heavy (non-hydrogen) atoms. The lowest BCUT2D eigenvalue weighted by Crippen LogP contribution is -2.44. The zero-order valence-corrected chi connectivity index (χ0v) is 11.8. The second kappa shape index (κ2) is 6.00. The van der Waals surface area contributed by atoms with Crippen molar-refractivity contribution in [1.29, 1.82) is 0 Å². The summed E-state index contributed by atoms with van der Waals surface area (Å²) >= 11 is 0. The van der Waals surface area contributed by atoms with Gasteiger partial charge >= 0.3 is 5.97 Å². The van der Waals surface area contributed by atoms with E-state index in [0.717, 1.165) is 17.8 Å². The zero-order chi connectivity index (χ0) is 13.9. The first-order chi connectivity index (χ1) is 8.36. The summed E-state index contributed by atoms with van der Waals surface area (Å²) in [5.74, 6) is -0.839. The minimum Gasteiger partial charge on any atom is -0.480 e. The molecule has 102 valence electrons. The molecule has 1 rings (SSSR count). The van der Waals surface area contributed by atoms with Crippen LogP contribution in [0.2, 0.25) is 0 Å². The van der Waals surface area contributed by atoms with E-state index in [1.807, 2.05) is 27.7 Å². The maximum Gasteiger partial charge on any atom is 0.322 e. The average Bonchev–Trinajstić information content (AvgIpc) is 2.52. The molecule has 0 aromatic carbocycles. The lowest BCUT2D eigenvalue weighted by Gasteiger charge is -2.18. The third-order valence-corrected chi connectivity index (χ3v) is 3.07. The molecule has 1 aromatic heterocycles. The smallest absolute Gasteiger partial charge is 0.322 e. The Morgan fingerprint density at radius 1 is 1.44 bits per heavy atom. The number of rotatable bonds is 6. The van der Waals surface area contributed by atoms with Crippen molar-refractivity contribution >= 4 is 5.97 Å². The third-order valence-electron chi connectivity index (χ3n) is 3.07. The molecule has 5 nitrogen and oxygen atoms in total. The maximum absolute atomic E-state index is 11.2. The molecule has 0 saturated heterocycles. The summed E-state index contributed by atoms with van der Waals surface area (Å²) in [6.07, 6.45) is 0.924. The summed E-state index contributed by atoms with van der Waals surface area (Å²) in [5, 5.41) is 16.7. The van der Waals surface area contributed by atoms with Crippen molar-refractivity contribution in [2.45, 2.75) is 59.7 Å². The van der Waals surface area contributed by atoms with Gasteiger partial charge in [-0.1, -0.05) is 20.8 Å². The van der Waals surface area contributed by atoms with Crippen LogP contribution in [-0.4, -0.2) is 32.9 Å². The van der Waals surface area contributed by atoms with Gasteiger partial charge in [-0.3, -0.25) is 9.48 Å². The minimum atomic E-state index is -0.839. The van der Waals surface area contributed by atoms with Gasteiger partial charge < -0.3 is 10.4 Å². The summed E-state index contributed by atoms with van der Waals surface area (Å²) in [6, 6.07) is -0.471. The molecule has 0 fully saturated rings. The molecule has 1 heterocycles. The van der Waals surface area contributed by atoms with E-state index in [9.17, 15) is 9.90 Å². The number of nitrogens with one attached hydrogen (secondary N) is 1. The Bertz CT molecular complexity index is 424. The van der Waals surface area contributed by atoms with Gasteiger partial charge in [0.2, 0.25) is 0 Å². The van der Waals surface area contributed by atoms with Gasteiger partial charge in [0.25, 0.3) is 0 Å². The van der Waals surface area contributed by atoms with Crippen LogP contribution >= 0.6 is 0 Å². The Labute approximate surface area is 108 Å². The van der Waals surface area contributed by atoms with Crippen LogP contribution in [-0.2, 0) is 17.8 Å². The van der Waals surface area contributed by atoms with Gasteiger partial charge in [0.1, 0.15) is 6.04 Å². The molecule has 0 aliphatic rings. The van der Waals surface area contributed by atoms with E-state index in [0.29, 0.717) is 6.54 Å². The molecule has 0 spiro atoms. The number of hydrogen-bond donors (Lipinski definition) is 2. The van der Waals surface area contributed by atoms with Crippen LogP contribution in [0.3, 0.4) is 0 Å². The Hall–Kier alpha value is -1.36. The average molecular weight is 253 g/mol. The van der Waals surface area contributed by atoms with Crippen LogP contribution in [0.4, 0.5) is 0 Å². The van der Waals surface area contributed by atoms with Crippen molar-refractivity contribution in [3.8, 4) is 0 Å². The quantitative estimate of drug-likeness (QED) is 0.806. The van der Waals surface area contributed by atoms with Crippen molar-refractivity contribution in [3.05, 3.63) is 17.0 Å². The molecule has 0 radical (unpaired) electrons. The van der Waals surface area contributed by atoms with Gasteiger partial charge in [0, 0.05) is 11.7 Å².